The second-order valence-corrected chi connectivity index (χ2v) is 6.45. The summed E-state index contributed by atoms with van der Waals surface area (Å²) in [5, 5.41) is 4.77. The first-order valence-electron chi connectivity index (χ1n) is 7.41. The van der Waals surface area contributed by atoms with Crippen LogP contribution in [-0.2, 0) is 11.3 Å². The van der Waals surface area contributed by atoms with Crippen molar-refractivity contribution < 1.29 is 4.74 Å². The molecule has 4 heteroatoms. The molecule has 3 nitrogen and oxygen atoms in total. The van der Waals surface area contributed by atoms with Gasteiger partial charge >= 0.3 is 0 Å². The fraction of sp³-hybridized carbons (Fsp3) is 0.471. The highest BCUT2D eigenvalue weighted by atomic mass is 32.1. The number of hydrogen-bond donors (Lipinski definition) is 1. The Labute approximate surface area is 131 Å². The summed E-state index contributed by atoms with van der Waals surface area (Å²) in [4.78, 5) is 6.05. The van der Waals surface area contributed by atoms with Crippen molar-refractivity contribution in [3.05, 3.63) is 51.0 Å². The third-order valence-electron chi connectivity index (χ3n) is 3.56. The lowest BCUT2D eigenvalue weighted by atomic mass is 10.0. The predicted molar refractivity (Wildman–Crippen MR) is 88.9 cm³/mol. The maximum Gasteiger partial charge on any atom is 0.115 e. The molecule has 2 aromatic rings. The molecule has 21 heavy (non-hydrogen) atoms. The van der Waals surface area contributed by atoms with Gasteiger partial charge < -0.3 is 10.1 Å². The van der Waals surface area contributed by atoms with E-state index in [-0.39, 0.29) is 6.04 Å². The average Bonchev–Trinajstić information content (AvgIpc) is 2.81. The smallest absolute Gasteiger partial charge is 0.115 e. The minimum absolute atomic E-state index is 0.147. The van der Waals surface area contributed by atoms with Gasteiger partial charge in [0.1, 0.15) is 5.01 Å². The highest BCUT2D eigenvalue weighted by Gasteiger charge is 2.20. The fourth-order valence-corrected chi connectivity index (χ4v) is 3.36. The van der Waals surface area contributed by atoms with E-state index in [9.17, 15) is 0 Å². The Morgan fingerprint density at radius 3 is 2.67 bits per heavy atom. The number of aromatic nitrogens is 1. The standard InChI is InChI=1S/C17H24N2OS/c1-5-10-18-16(17-19-12(2)13(3)21-17)15-9-7-6-8-14(15)11-20-4/h6-9,16,18H,5,10-11H2,1-4H3. The first-order valence-corrected chi connectivity index (χ1v) is 8.23. The molecule has 1 atom stereocenters. The Bertz CT molecular complexity index is 560. The normalized spacial score (nSPS) is 12.6. The van der Waals surface area contributed by atoms with Gasteiger partial charge in [-0.05, 0) is 37.9 Å². The number of thiazole rings is 1. The van der Waals surface area contributed by atoms with Crippen molar-refractivity contribution in [2.24, 2.45) is 0 Å². The zero-order valence-electron chi connectivity index (χ0n) is 13.3. The summed E-state index contributed by atoms with van der Waals surface area (Å²) in [6, 6.07) is 8.60. The molecule has 0 saturated carbocycles. The van der Waals surface area contributed by atoms with Crippen LogP contribution in [0.4, 0.5) is 0 Å². The SMILES string of the molecule is CCCNC(c1nc(C)c(C)s1)c1ccccc1COC. The van der Waals surface area contributed by atoms with Gasteiger partial charge in [0.15, 0.2) is 0 Å². The average molecular weight is 304 g/mol. The van der Waals surface area contributed by atoms with Crippen molar-refractivity contribution in [3.63, 3.8) is 0 Å². The molecule has 0 bridgehead atoms. The highest BCUT2D eigenvalue weighted by Crippen LogP contribution is 2.30. The molecule has 0 aliphatic heterocycles. The van der Waals surface area contributed by atoms with Gasteiger partial charge in [0.25, 0.3) is 0 Å². The molecule has 0 aliphatic carbocycles. The van der Waals surface area contributed by atoms with Crippen molar-refractivity contribution in [1.82, 2.24) is 10.3 Å². The third kappa shape index (κ3) is 3.90. The number of methoxy groups -OCH3 is 1. The second-order valence-electron chi connectivity index (χ2n) is 5.21. The van der Waals surface area contributed by atoms with Gasteiger partial charge in [0.05, 0.1) is 18.3 Å². The van der Waals surface area contributed by atoms with Crippen molar-refractivity contribution in [3.8, 4) is 0 Å². The summed E-state index contributed by atoms with van der Waals surface area (Å²) in [7, 11) is 1.74. The Hall–Kier alpha value is -1.23. The molecule has 1 aromatic heterocycles. The van der Waals surface area contributed by atoms with Crippen LogP contribution in [0.25, 0.3) is 0 Å². The minimum atomic E-state index is 0.147. The van der Waals surface area contributed by atoms with Crippen LogP contribution in [0.15, 0.2) is 24.3 Å². The number of benzene rings is 1. The van der Waals surface area contributed by atoms with E-state index in [2.05, 4.69) is 50.4 Å². The molecule has 0 spiro atoms. The van der Waals surface area contributed by atoms with E-state index in [0.29, 0.717) is 6.61 Å². The summed E-state index contributed by atoms with van der Waals surface area (Å²) in [5.41, 5.74) is 3.61. The molecule has 0 fully saturated rings. The summed E-state index contributed by atoms with van der Waals surface area (Å²) < 4.78 is 5.34. The van der Waals surface area contributed by atoms with E-state index in [0.717, 1.165) is 23.7 Å². The number of nitrogens with one attached hydrogen (secondary N) is 1. The van der Waals surface area contributed by atoms with Gasteiger partial charge in [-0.3, -0.25) is 0 Å². The highest BCUT2D eigenvalue weighted by molar-refractivity contribution is 7.11. The number of rotatable bonds is 7. The number of nitrogens with zero attached hydrogens (tertiary/aromatic N) is 1. The fourth-order valence-electron chi connectivity index (χ4n) is 2.34. The van der Waals surface area contributed by atoms with Crippen LogP contribution in [0.1, 0.15) is 46.1 Å². The Morgan fingerprint density at radius 2 is 2.05 bits per heavy atom. The van der Waals surface area contributed by atoms with Crippen LogP contribution < -0.4 is 5.32 Å². The van der Waals surface area contributed by atoms with Crippen LogP contribution in [0.3, 0.4) is 0 Å². The largest absolute Gasteiger partial charge is 0.380 e. The van der Waals surface area contributed by atoms with Crippen molar-refractivity contribution in [1.29, 1.82) is 0 Å². The van der Waals surface area contributed by atoms with E-state index < -0.39 is 0 Å². The second kappa shape index (κ2) is 7.69. The van der Waals surface area contributed by atoms with Crippen molar-refractivity contribution in [2.75, 3.05) is 13.7 Å². The Morgan fingerprint density at radius 1 is 1.29 bits per heavy atom. The topological polar surface area (TPSA) is 34.2 Å². The van der Waals surface area contributed by atoms with Crippen molar-refractivity contribution >= 4 is 11.3 Å². The predicted octanol–water partition coefficient (Wildman–Crippen LogP) is 4.00. The number of ether oxygens (including phenoxy) is 1. The summed E-state index contributed by atoms with van der Waals surface area (Å²) in [6.45, 7) is 8.00. The quantitative estimate of drug-likeness (QED) is 0.839. The molecular formula is C17H24N2OS. The Balaban J connectivity index is 2.40. The zero-order valence-corrected chi connectivity index (χ0v) is 14.1. The molecule has 1 aromatic carbocycles. The van der Waals surface area contributed by atoms with E-state index >= 15 is 0 Å². The van der Waals surface area contributed by atoms with Crippen molar-refractivity contribution in [2.45, 2.75) is 39.8 Å². The van der Waals surface area contributed by atoms with Gasteiger partial charge in [-0.25, -0.2) is 4.98 Å². The van der Waals surface area contributed by atoms with Gasteiger partial charge in [0.2, 0.25) is 0 Å². The van der Waals surface area contributed by atoms with Gasteiger partial charge in [-0.15, -0.1) is 11.3 Å². The minimum Gasteiger partial charge on any atom is -0.380 e. The van der Waals surface area contributed by atoms with E-state index in [4.69, 9.17) is 9.72 Å². The zero-order chi connectivity index (χ0) is 15.2. The van der Waals surface area contributed by atoms with Crippen LogP contribution in [-0.4, -0.2) is 18.6 Å². The van der Waals surface area contributed by atoms with E-state index in [1.807, 2.05) is 0 Å². The molecule has 1 heterocycles. The summed E-state index contributed by atoms with van der Waals surface area (Å²) in [6.07, 6.45) is 1.10. The summed E-state index contributed by atoms with van der Waals surface area (Å²) >= 11 is 1.78. The molecule has 1 N–H and O–H groups in total. The lowest BCUT2D eigenvalue weighted by Gasteiger charge is -2.20. The van der Waals surface area contributed by atoms with E-state index in [1.54, 1.807) is 18.4 Å². The number of hydrogen-bond acceptors (Lipinski definition) is 4. The molecular weight excluding hydrogens is 280 g/mol. The molecule has 114 valence electrons. The molecule has 1 unspecified atom stereocenters. The lowest BCUT2D eigenvalue weighted by molar-refractivity contribution is 0.183. The molecule has 0 radical (unpaired) electrons. The monoisotopic (exact) mass is 304 g/mol. The molecule has 0 amide bonds. The van der Waals surface area contributed by atoms with Crippen LogP contribution in [0.2, 0.25) is 0 Å². The van der Waals surface area contributed by atoms with Gasteiger partial charge in [0, 0.05) is 12.0 Å². The first-order chi connectivity index (χ1) is 10.2. The maximum atomic E-state index is 5.34. The summed E-state index contributed by atoms with van der Waals surface area (Å²) in [5.74, 6) is 0. The van der Waals surface area contributed by atoms with Crippen LogP contribution in [0.5, 0.6) is 0 Å². The van der Waals surface area contributed by atoms with Gasteiger partial charge in [-0.2, -0.15) is 0 Å². The molecule has 2 rings (SSSR count). The van der Waals surface area contributed by atoms with E-state index in [1.165, 1.54) is 16.0 Å². The van der Waals surface area contributed by atoms with Crippen LogP contribution in [0, 0.1) is 13.8 Å². The van der Waals surface area contributed by atoms with Crippen LogP contribution >= 0.6 is 11.3 Å². The maximum absolute atomic E-state index is 5.34. The molecule has 0 saturated heterocycles. The number of aryl methyl sites for hydroxylation is 2. The molecule has 0 aliphatic rings. The third-order valence-corrected chi connectivity index (χ3v) is 4.69. The first kappa shape index (κ1) is 16.1. The Kier molecular flexibility index (Phi) is 5.91. The van der Waals surface area contributed by atoms with Gasteiger partial charge in [-0.1, -0.05) is 31.2 Å². The lowest BCUT2D eigenvalue weighted by Crippen LogP contribution is -2.24.